The quantitative estimate of drug-likeness (QED) is 0.672. The van der Waals surface area contributed by atoms with Crippen LogP contribution in [0.2, 0.25) is 0 Å². The van der Waals surface area contributed by atoms with E-state index in [1.165, 1.54) is 4.57 Å². The number of anilines is 1. The number of hydrogen-bond acceptors (Lipinski definition) is 7. The zero-order valence-corrected chi connectivity index (χ0v) is 14.5. The Hall–Kier alpha value is -3.20. The van der Waals surface area contributed by atoms with Gasteiger partial charge in [-0.3, -0.25) is 14.3 Å². The van der Waals surface area contributed by atoms with Crippen molar-refractivity contribution in [3.8, 4) is 0 Å². The molecule has 2 atom stereocenters. The van der Waals surface area contributed by atoms with Gasteiger partial charge in [0.1, 0.15) is 12.4 Å². The number of carbonyl (C=O) groups excluding carboxylic acids is 1. The summed E-state index contributed by atoms with van der Waals surface area (Å²) >= 11 is 0. The van der Waals surface area contributed by atoms with Crippen LogP contribution in [0, 0.1) is 0 Å². The van der Waals surface area contributed by atoms with Crippen molar-refractivity contribution in [2.45, 2.75) is 25.1 Å². The molecule has 0 radical (unpaired) electrons. The first-order valence-corrected chi connectivity index (χ1v) is 8.68. The number of benzene rings is 1. The van der Waals surface area contributed by atoms with Crippen LogP contribution in [0.1, 0.15) is 6.42 Å². The summed E-state index contributed by atoms with van der Waals surface area (Å²) in [5.74, 6) is -0.234. The molecule has 9 heteroatoms. The van der Waals surface area contributed by atoms with Gasteiger partial charge in [-0.2, -0.15) is 0 Å². The number of amides is 1. The molecule has 1 aromatic carbocycles. The van der Waals surface area contributed by atoms with Crippen LogP contribution in [0.3, 0.4) is 0 Å². The van der Waals surface area contributed by atoms with E-state index in [0.717, 1.165) is 0 Å². The highest BCUT2D eigenvalue weighted by atomic mass is 16.4. The van der Waals surface area contributed by atoms with Crippen molar-refractivity contribution in [2.24, 2.45) is 0 Å². The van der Waals surface area contributed by atoms with Gasteiger partial charge in [-0.25, -0.2) is 9.78 Å². The second kappa shape index (κ2) is 7.20. The van der Waals surface area contributed by atoms with Crippen LogP contribution < -0.4 is 16.0 Å². The molecule has 4 rings (SSSR count). The van der Waals surface area contributed by atoms with Crippen LogP contribution >= 0.6 is 0 Å². The molecule has 9 nitrogen and oxygen atoms in total. The molecular weight excluding hydrogens is 350 g/mol. The van der Waals surface area contributed by atoms with Crippen molar-refractivity contribution in [1.82, 2.24) is 19.9 Å². The standard InChI is InChI=1S/C18H19N5O4/c24-14-10-22(16-9-19-6-7-20-16)8-5-12(14)21-17(25)11-23-13-3-1-2-4-15(13)27-18(23)26/h1-4,6-7,9,12,14,24H,5,8,10-11H2,(H,21,25)/t12-,14-/m1/s1. The molecule has 1 aliphatic rings. The Morgan fingerprint density at radius 1 is 1.33 bits per heavy atom. The monoisotopic (exact) mass is 369 g/mol. The second-order valence-corrected chi connectivity index (χ2v) is 6.46. The maximum Gasteiger partial charge on any atom is 0.420 e. The first kappa shape index (κ1) is 17.2. The van der Waals surface area contributed by atoms with Crippen molar-refractivity contribution in [3.63, 3.8) is 0 Å². The molecule has 0 aliphatic carbocycles. The third kappa shape index (κ3) is 3.54. The van der Waals surface area contributed by atoms with Crippen molar-refractivity contribution >= 4 is 22.8 Å². The fourth-order valence-corrected chi connectivity index (χ4v) is 3.32. The van der Waals surface area contributed by atoms with E-state index in [-0.39, 0.29) is 18.5 Å². The molecule has 0 spiro atoms. The molecule has 3 aromatic rings. The van der Waals surface area contributed by atoms with E-state index in [1.54, 1.807) is 42.9 Å². The fraction of sp³-hybridized carbons (Fsp3) is 0.333. The van der Waals surface area contributed by atoms with Crippen molar-refractivity contribution < 1.29 is 14.3 Å². The number of carbonyl (C=O) groups is 1. The van der Waals surface area contributed by atoms with Gasteiger partial charge in [0.25, 0.3) is 0 Å². The summed E-state index contributed by atoms with van der Waals surface area (Å²) in [5, 5.41) is 13.2. The normalized spacial score (nSPS) is 20.0. The molecule has 0 bridgehead atoms. The van der Waals surface area contributed by atoms with E-state index in [2.05, 4.69) is 15.3 Å². The van der Waals surface area contributed by atoms with Gasteiger partial charge in [0.2, 0.25) is 5.91 Å². The van der Waals surface area contributed by atoms with E-state index in [9.17, 15) is 14.7 Å². The largest absolute Gasteiger partial charge is 0.420 e. The summed E-state index contributed by atoms with van der Waals surface area (Å²) in [5.41, 5.74) is 1.00. The molecule has 2 N–H and O–H groups in total. The summed E-state index contributed by atoms with van der Waals surface area (Å²) in [6, 6.07) is 6.55. The average molecular weight is 369 g/mol. The number of fused-ring (bicyclic) bond motifs is 1. The molecule has 1 fully saturated rings. The number of β-amino-alcohol motifs (C(OH)–C–C–N with tert-alkyl or cyclic N) is 1. The molecule has 27 heavy (non-hydrogen) atoms. The first-order valence-electron chi connectivity index (χ1n) is 8.68. The van der Waals surface area contributed by atoms with E-state index < -0.39 is 11.9 Å². The van der Waals surface area contributed by atoms with Gasteiger partial charge in [-0.05, 0) is 18.6 Å². The number of aliphatic hydroxyl groups excluding tert-OH is 1. The van der Waals surface area contributed by atoms with Crippen LogP contribution in [-0.2, 0) is 11.3 Å². The van der Waals surface area contributed by atoms with Gasteiger partial charge in [-0.15, -0.1) is 0 Å². The highest BCUT2D eigenvalue weighted by Crippen LogP contribution is 2.17. The Balaban J connectivity index is 1.40. The highest BCUT2D eigenvalue weighted by Gasteiger charge is 2.29. The number of oxazole rings is 1. The molecule has 140 valence electrons. The van der Waals surface area contributed by atoms with Gasteiger partial charge < -0.3 is 19.7 Å². The average Bonchev–Trinajstić information content (AvgIpc) is 2.99. The number of para-hydroxylation sites is 2. The van der Waals surface area contributed by atoms with Crippen LogP contribution in [0.4, 0.5) is 5.82 Å². The van der Waals surface area contributed by atoms with Gasteiger partial charge in [0.15, 0.2) is 5.58 Å². The third-order valence-corrected chi connectivity index (χ3v) is 4.68. The Morgan fingerprint density at radius 2 is 2.19 bits per heavy atom. The second-order valence-electron chi connectivity index (χ2n) is 6.46. The third-order valence-electron chi connectivity index (χ3n) is 4.68. The van der Waals surface area contributed by atoms with Gasteiger partial charge in [0.05, 0.1) is 23.9 Å². The number of hydrogen-bond donors (Lipinski definition) is 2. The topological polar surface area (TPSA) is 113 Å². The van der Waals surface area contributed by atoms with E-state index >= 15 is 0 Å². The summed E-state index contributed by atoms with van der Waals surface area (Å²) in [7, 11) is 0. The molecule has 0 unspecified atom stereocenters. The lowest BCUT2D eigenvalue weighted by Crippen LogP contribution is -2.55. The maximum absolute atomic E-state index is 12.4. The molecule has 3 heterocycles. The maximum atomic E-state index is 12.4. The summed E-state index contributed by atoms with van der Waals surface area (Å²) in [4.78, 5) is 34.6. The van der Waals surface area contributed by atoms with Gasteiger partial charge in [-0.1, -0.05) is 12.1 Å². The zero-order chi connectivity index (χ0) is 18.8. The van der Waals surface area contributed by atoms with E-state index in [0.29, 0.717) is 36.4 Å². The Kier molecular flexibility index (Phi) is 4.59. The smallest absolute Gasteiger partial charge is 0.408 e. The van der Waals surface area contributed by atoms with E-state index in [1.807, 2.05) is 4.90 Å². The predicted molar refractivity (Wildman–Crippen MR) is 97.3 cm³/mol. The zero-order valence-electron chi connectivity index (χ0n) is 14.5. The summed E-state index contributed by atoms with van der Waals surface area (Å²) in [6.45, 7) is 0.820. The van der Waals surface area contributed by atoms with Crippen LogP contribution in [0.15, 0.2) is 52.1 Å². The Labute approximate surface area is 154 Å². The summed E-state index contributed by atoms with van der Waals surface area (Å²) in [6.07, 6.45) is 4.64. The molecule has 2 aromatic heterocycles. The molecule has 1 amide bonds. The fourth-order valence-electron chi connectivity index (χ4n) is 3.32. The van der Waals surface area contributed by atoms with Crippen molar-refractivity contribution in [1.29, 1.82) is 0 Å². The highest BCUT2D eigenvalue weighted by molar-refractivity contribution is 5.79. The number of nitrogens with one attached hydrogen (secondary N) is 1. The predicted octanol–water partition coefficient (Wildman–Crippen LogP) is 0.141. The van der Waals surface area contributed by atoms with Gasteiger partial charge in [0, 0.05) is 25.5 Å². The van der Waals surface area contributed by atoms with Crippen LogP contribution in [0.25, 0.3) is 11.1 Å². The van der Waals surface area contributed by atoms with Crippen molar-refractivity contribution in [3.05, 3.63) is 53.4 Å². The number of nitrogens with zero attached hydrogens (tertiary/aromatic N) is 4. The Bertz CT molecular complexity index is 1000. The number of aliphatic hydroxyl groups is 1. The van der Waals surface area contributed by atoms with Crippen LogP contribution in [0.5, 0.6) is 0 Å². The minimum Gasteiger partial charge on any atom is -0.408 e. The van der Waals surface area contributed by atoms with E-state index in [4.69, 9.17) is 4.42 Å². The number of aromatic nitrogens is 3. The SMILES string of the molecule is O=C(Cn1c(=O)oc2ccccc21)N[C@@H]1CCN(c2cnccn2)C[C@H]1O. The molecular formula is C18H19N5O4. The minimum atomic E-state index is -0.748. The lowest BCUT2D eigenvalue weighted by molar-refractivity contribution is -0.123. The van der Waals surface area contributed by atoms with Crippen molar-refractivity contribution in [2.75, 3.05) is 18.0 Å². The van der Waals surface area contributed by atoms with Gasteiger partial charge >= 0.3 is 5.76 Å². The van der Waals surface area contributed by atoms with Crippen LogP contribution in [-0.4, -0.2) is 50.8 Å². The summed E-state index contributed by atoms with van der Waals surface area (Å²) < 4.78 is 6.42. The number of piperidine rings is 1. The Morgan fingerprint density at radius 3 is 2.96 bits per heavy atom. The molecule has 0 saturated carbocycles. The molecule has 1 saturated heterocycles. The molecule has 1 aliphatic heterocycles. The number of rotatable bonds is 4. The minimum absolute atomic E-state index is 0.160. The lowest BCUT2D eigenvalue weighted by atomic mass is 10.0. The first-order chi connectivity index (χ1) is 13.1. The lowest BCUT2D eigenvalue weighted by Gasteiger charge is -2.36.